The van der Waals surface area contributed by atoms with Gasteiger partial charge in [-0.05, 0) is 31.4 Å². The number of benzene rings is 1. The molecule has 3 saturated heterocycles. The molecule has 0 saturated carbocycles. The summed E-state index contributed by atoms with van der Waals surface area (Å²) in [4.78, 5) is 46.6. The SMILES string of the molecule is C=CCN(CCCC)C(=O)C1N(CCO)C(=O)[C@@H]2[C@H](C(=O)N(CC=C)c3ccccc3)[C@@H]3CCC12O3. The van der Waals surface area contributed by atoms with Crippen molar-refractivity contribution in [1.29, 1.82) is 0 Å². The fraction of sp³-hybridized carbons (Fsp3) is 0.536. The number of carbonyl (C=O) groups excluding carboxylic acids is 3. The molecule has 2 unspecified atom stereocenters. The summed E-state index contributed by atoms with van der Waals surface area (Å²) in [7, 11) is 0. The number of carbonyl (C=O) groups is 3. The molecular formula is C28H37N3O5. The first-order chi connectivity index (χ1) is 17.4. The molecule has 1 spiro atoms. The van der Waals surface area contributed by atoms with Crippen LogP contribution in [0.2, 0.25) is 0 Å². The Kier molecular flexibility index (Phi) is 7.95. The maximum atomic E-state index is 14.0. The van der Waals surface area contributed by atoms with E-state index in [-0.39, 0.29) is 30.9 Å². The molecule has 194 valence electrons. The van der Waals surface area contributed by atoms with Gasteiger partial charge in [-0.25, -0.2) is 0 Å². The number of hydrogen-bond donors (Lipinski definition) is 1. The molecule has 3 aliphatic heterocycles. The Morgan fingerprint density at radius 3 is 2.56 bits per heavy atom. The van der Waals surface area contributed by atoms with Crippen LogP contribution in [0.15, 0.2) is 55.6 Å². The largest absolute Gasteiger partial charge is 0.395 e. The second kappa shape index (κ2) is 11.0. The molecule has 5 atom stereocenters. The van der Waals surface area contributed by atoms with Crippen LogP contribution >= 0.6 is 0 Å². The summed E-state index contributed by atoms with van der Waals surface area (Å²) in [6.45, 7) is 10.6. The lowest BCUT2D eigenvalue weighted by Crippen LogP contribution is -2.56. The van der Waals surface area contributed by atoms with Crippen LogP contribution in [-0.2, 0) is 19.1 Å². The third kappa shape index (κ3) is 4.26. The number of hydrogen-bond acceptors (Lipinski definition) is 5. The number of unbranched alkanes of at least 4 members (excludes halogenated alkanes) is 1. The van der Waals surface area contributed by atoms with Gasteiger partial charge in [-0.15, -0.1) is 13.2 Å². The number of anilines is 1. The Morgan fingerprint density at radius 2 is 1.92 bits per heavy atom. The number of aliphatic hydroxyl groups excluding tert-OH is 1. The fourth-order valence-electron chi connectivity index (χ4n) is 6.27. The maximum absolute atomic E-state index is 14.0. The van der Waals surface area contributed by atoms with Crippen LogP contribution in [0.4, 0.5) is 5.69 Å². The van der Waals surface area contributed by atoms with Crippen molar-refractivity contribution < 1.29 is 24.2 Å². The smallest absolute Gasteiger partial charge is 0.248 e. The van der Waals surface area contributed by atoms with Crippen LogP contribution in [0.5, 0.6) is 0 Å². The van der Waals surface area contributed by atoms with Gasteiger partial charge in [0, 0.05) is 31.9 Å². The quantitative estimate of drug-likeness (QED) is 0.450. The van der Waals surface area contributed by atoms with Gasteiger partial charge in [0.2, 0.25) is 17.7 Å². The molecule has 0 aromatic heterocycles. The van der Waals surface area contributed by atoms with Crippen LogP contribution in [0, 0.1) is 11.8 Å². The van der Waals surface area contributed by atoms with Gasteiger partial charge in [-0.3, -0.25) is 14.4 Å². The average Bonchev–Trinajstić information content (AvgIpc) is 3.53. The third-order valence-electron chi connectivity index (χ3n) is 7.75. The molecule has 1 N–H and O–H groups in total. The van der Waals surface area contributed by atoms with Crippen molar-refractivity contribution in [2.24, 2.45) is 11.8 Å². The zero-order valence-corrected chi connectivity index (χ0v) is 21.1. The van der Waals surface area contributed by atoms with Crippen molar-refractivity contribution in [3.05, 3.63) is 55.6 Å². The first kappa shape index (κ1) is 26.1. The number of ether oxygens (including phenoxy) is 1. The number of nitrogens with zero attached hydrogens (tertiary/aromatic N) is 3. The Morgan fingerprint density at radius 1 is 1.19 bits per heavy atom. The molecule has 3 amide bonds. The summed E-state index contributed by atoms with van der Waals surface area (Å²) in [5.74, 6) is -2.15. The van der Waals surface area contributed by atoms with Crippen molar-refractivity contribution in [2.75, 3.05) is 37.7 Å². The summed E-state index contributed by atoms with van der Waals surface area (Å²) in [5.41, 5.74) is -0.350. The molecular weight excluding hydrogens is 458 g/mol. The Bertz CT molecular complexity index is 998. The number of aliphatic hydroxyl groups is 1. The van der Waals surface area contributed by atoms with Crippen LogP contribution < -0.4 is 4.90 Å². The van der Waals surface area contributed by atoms with Gasteiger partial charge in [0.05, 0.1) is 24.5 Å². The molecule has 3 fully saturated rings. The topological polar surface area (TPSA) is 90.4 Å². The van der Waals surface area contributed by atoms with E-state index in [0.29, 0.717) is 32.5 Å². The monoisotopic (exact) mass is 495 g/mol. The lowest BCUT2D eigenvalue weighted by Gasteiger charge is -2.36. The minimum atomic E-state index is -1.07. The van der Waals surface area contributed by atoms with Gasteiger partial charge in [-0.1, -0.05) is 43.7 Å². The number of para-hydroxylation sites is 1. The van der Waals surface area contributed by atoms with Crippen LogP contribution in [0.3, 0.4) is 0 Å². The predicted molar refractivity (Wildman–Crippen MR) is 137 cm³/mol. The van der Waals surface area contributed by atoms with E-state index in [1.165, 1.54) is 4.90 Å². The number of amides is 3. The van der Waals surface area contributed by atoms with Crippen molar-refractivity contribution >= 4 is 23.4 Å². The van der Waals surface area contributed by atoms with Crippen LogP contribution in [0.1, 0.15) is 32.6 Å². The van der Waals surface area contributed by atoms with E-state index in [2.05, 4.69) is 20.1 Å². The van der Waals surface area contributed by atoms with Crippen molar-refractivity contribution in [2.45, 2.75) is 50.4 Å². The highest BCUT2D eigenvalue weighted by molar-refractivity contribution is 6.03. The zero-order chi connectivity index (χ0) is 25.9. The van der Waals surface area contributed by atoms with Gasteiger partial charge >= 0.3 is 0 Å². The molecule has 1 aromatic carbocycles. The number of fused-ring (bicyclic) bond motifs is 1. The van der Waals surface area contributed by atoms with Gasteiger partial charge in [-0.2, -0.15) is 0 Å². The lowest BCUT2D eigenvalue weighted by molar-refractivity contribution is -0.148. The Hall–Kier alpha value is -2.97. The highest BCUT2D eigenvalue weighted by atomic mass is 16.5. The Balaban J connectivity index is 1.71. The second-order valence-corrected chi connectivity index (χ2v) is 9.81. The van der Waals surface area contributed by atoms with Gasteiger partial charge < -0.3 is 24.5 Å². The average molecular weight is 496 g/mol. The van der Waals surface area contributed by atoms with E-state index in [0.717, 1.165) is 18.5 Å². The Labute approximate surface area is 213 Å². The normalized spacial score (nSPS) is 28.2. The molecule has 3 heterocycles. The molecule has 1 aromatic rings. The lowest BCUT2D eigenvalue weighted by atomic mass is 9.70. The van der Waals surface area contributed by atoms with Crippen molar-refractivity contribution in [1.82, 2.24) is 9.80 Å². The number of likely N-dealkylation sites (tertiary alicyclic amines) is 1. The minimum absolute atomic E-state index is 0.0210. The van der Waals surface area contributed by atoms with E-state index in [1.54, 1.807) is 22.0 Å². The summed E-state index contributed by atoms with van der Waals surface area (Å²) in [6, 6.07) is 8.44. The molecule has 0 aliphatic carbocycles. The van der Waals surface area contributed by atoms with E-state index in [4.69, 9.17) is 4.74 Å². The molecule has 36 heavy (non-hydrogen) atoms. The van der Waals surface area contributed by atoms with E-state index in [9.17, 15) is 19.5 Å². The van der Waals surface area contributed by atoms with Crippen molar-refractivity contribution in [3.63, 3.8) is 0 Å². The third-order valence-corrected chi connectivity index (χ3v) is 7.75. The number of β-amino-alcohol motifs (C(OH)–C–C–N with tert-alkyl or cyclic N) is 1. The van der Waals surface area contributed by atoms with E-state index < -0.39 is 29.6 Å². The highest BCUT2D eigenvalue weighted by Crippen LogP contribution is 2.59. The first-order valence-electron chi connectivity index (χ1n) is 12.9. The molecule has 8 nitrogen and oxygen atoms in total. The summed E-state index contributed by atoms with van der Waals surface area (Å²) >= 11 is 0. The minimum Gasteiger partial charge on any atom is -0.395 e. The zero-order valence-electron chi connectivity index (χ0n) is 21.1. The highest BCUT2D eigenvalue weighted by Gasteiger charge is 2.74. The standard InChI is InChI=1S/C28H37N3O5/c1-4-7-17-29(15-5-2)27(35)24-28-14-13-21(36-28)22(23(28)26(34)31(24)18-19-32)25(33)30(16-6-3)20-11-9-8-10-12-20/h5-6,8-12,21-24,32H,2-4,7,13-19H2,1H3/t21-,22+,23-,24?,28?/m0/s1. The number of rotatable bonds is 12. The van der Waals surface area contributed by atoms with E-state index >= 15 is 0 Å². The maximum Gasteiger partial charge on any atom is 0.248 e. The summed E-state index contributed by atoms with van der Waals surface area (Å²) in [5, 5.41) is 9.78. The summed E-state index contributed by atoms with van der Waals surface area (Å²) in [6.07, 6.45) is 5.79. The van der Waals surface area contributed by atoms with Crippen molar-refractivity contribution in [3.8, 4) is 0 Å². The molecule has 2 bridgehead atoms. The first-order valence-corrected chi connectivity index (χ1v) is 12.9. The van der Waals surface area contributed by atoms with Gasteiger partial charge in [0.25, 0.3) is 0 Å². The summed E-state index contributed by atoms with van der Waals surface area (Å²) < 4.78 is 6.50. The van der Waals surface area contributed by atoms with Gasteiger partial charge in [0.1, 0.15) is 11.6 Å². The molecule has 3 aliphatic rings. The molecule has 8 heteroatoms. The fourth-order valence-corrected chi connectivity index (χ4v) is 6.27. The van der Waals surface area contributed by atoms with E-state index in [1.807, 2.05) is 30.3 Å². The molecule has 0 radical (unpaired) electrons. The van der Waals surface area contributed by atoms with Gasteiger partial charge in [0.15, 0.2) is 0 Å². The second-order valence-electron chi connectivity index (χ2n) is 9.81. The van der Waals surface area contributed by atoms with Crippen LogP contribution in [-0.4, -0.2) is 83.2 Å². The van der Waals surface area contributed by atoms with Crippen LogP contribution in [0.25, 0.3) is 0 Å². The predicted octanol–water partition coefficient (Wildman–Crippen LogP) is 2.39. The molecule has 4 rings (SSSR count).